The van der Waals surface area contributed by atoms with E-state index in [0.29, 0.717) is 24.9 Å². The van der Waals surface area contributed by atoms with Crippen molar-refractivity contribution in [1.82, 2.24) is 9.97 Å². The lowest BCUT2D eigenvalue weighted by atomic mass is 10.2. The van der Waals surface area contributed by atoms with Gasteiger partial charge in [-0.25, -0.2) is 9.97 Å². The van der Waals surface area contributed by atoms with Crippen LogP contribution in [0.1, 0.15) is 23.2 Å². The normalized spacial score (nSPS) is 11.2. The van der Waals surface area contributed by atoms with E-state index in [9.17, 15) is 0 Å². The van der Waals surface area contributed by atoms with E-state index in [-0.39, 0.29) is 0 Å². The Bertz CT molecular complexity index is 521. The van der Waals surface area contributed by atoms with Crippen molar-refractivity contribution in [2.75, 3.05) is 12.3 Å². The van der Waals surface area contributed by atoms with Gasteiger partial charge in [0.15, 0.2) is 5.82 Å². The van der Waals surface area contributed by atoms with Crippen molar-refractivity contribution in [2.24, 2.45) is 0 Å². The Kier molecular flexibility index (Phi) is 3.07. The summed E-state index contributed by atoms with van der Waals surface area (Å²) in [6, 6.07) is 0. The quantitative estimate of drug-likeness (QED) is 0.890. The van der Waals surface area contributed by atoms with E-state index in [1.54, 1.807) is 11.3 Å². The van der Waals surface area contributed by atoms with Gasteiger partial charge in [0.2, 0.25) is 0 Å². The number of aryl methyl sites for hydroxylation is 2. The van der Waals surface area contributed by atoms with Crippen LogP contribution >= 0.6 is 11.3 Å². The molecule has 0 bridgehead atoms. The molecule has 0 fully saturated rings. The Morgan fingerprint density at radius 2 is 2.06 bits per heavy atom. The van der Waals surface area contributed by atoms with Crippen LogP contribution in [0, 0.1) is 13.8 Å². The van der Waals surface area contributed by atoms with Crippen molar-refractivity contribution < 1.29 is 4.74 Å². The Hall–Kier alpha value is -1.20. The molecule has 86 valence electrons. The fourth-order valence-electron chi connectivity index (χ4n) is 1.58. The van der Waals surface area contributed by atoms with E-state index in [0.717, 1.165) is 10.2 Å². The summed E-state index contributed by atoms with van der Waals surface area (Å²) in [5.41, 5.74) is 7.12. The molecular weight excluding hydrogens is 222 g/mol. The Morgan fingerprint density at radius 1 is 1.31 bits per heavy atom. The number of hydrogen-bond donors (Lipinski definition) is 1. The molecule has 0 saturated carbocycles. The predicted octanol–water partition coefficient (Wildman–Crippen LogP) is 2.43. The first-order chi connectivity index (χ1) is 7.63. The maximum atomic E-state index is 5.94. The van der Waals surface area contributed by atoms with Gasteiger partial charge < -0.3 is 10.5 Å². The molecule has 4 nitrogen and oxygen atoms in total. The van der Waals surface area contributed by atoms with E-state index in [1.165, 1.54) is 10.4 Å². The third-order valence-corrected chi connectivity index (χ3v) is 3.64. The molecule has 0 atom stereocenters. The van der Waals surface area contributed by atoms with Gasteiger partial charge in [-0.2, -0.15) is 0 Å². The first-order valence-corrected chi connectivity index (χ1v) is 6.05. The smallest absolute Gasteiger partial charge is 0.158 e. The monoisotopic (exact) mass is 237 g/mol. The average molecular weight is 237 g/mol. The fraction of sp³-hybridized carbons (Fsp3) is 0.455. The Morgan fingerprint density at radius 3 is 2.75 bits per heavy atom. The predicted molar refractivity (Wildman–Crippen MR) is 66.6 cm³/mol. The van der Waals surface area contributed by atoms with Crippen LogP contribution in [-0.4, -0.2) is 16.6 Å². The molecule has 5 heteroatoms. The highest BCUT2D eigenvalue weighted by molar-refractivity contribution is 7.18. The minimum Gasteiger partial charge on any atom is -0.383 e. The summed E-state index contributed by atoms with van der Waals surface area (Å²) in [4.78, 5) is 10.9. The molecule has 0 spiro atoms. The molecule has 0 aromatic carbocycles. The highest BCUT2D eigenvalue weighted by Gasteiger charge is 2.12. The molecule has 2 aromatic heterocycles. The van der Waals surface area contributed by atoms with Crippen LogP contribution in [0.2, 0.25) is 0 Å². The van der Waals surface area contributed by atoms with E-state index in [1.807, 2.05) is 6.92 Å². The first-order valence-electron chi connectivity index (χ1n) is 5.23. The number of ether oxygens (including phenoxy) is 1. The van der Waals surface area contributed by atoms with Crippen molar-refractivity contribution in [3.05, 3.63) is 16.3 Å². The molecule has 0 aliphatic carbocycles. The van der Waals surface area contributed by atoms with Gasteiger partial charge >= 0.3 is 0 Å². The zero-order valence-electron chi connectivity index (χ0n) is 9.70. The summed E-state index contributed by atoms with van der Waals surface area (Å²) in [5, 5.41) is 0.989. The standard InChI is InChI=1S/C11H15N3OS/c1-4-15-5-8-13-10(12)9-6(2)7(3)16-11(9)14-8/h4-5H2,1-3H3,(H2,12,13,14). The number of anilines is 1. The Balaban J connectivity index is 2.51. The zero-order valence-corrected chi connectivity index (χ0v) is 10.5. The summed E-state index contributed by atoms with van der Waals surface area (Å²) < 4.78 is 5.28. The van der Waals surface area contributed by atoms with Gasteiger partial charge in [-0.1, -0.05) is 0 Å². The molecule has 2 rings (SSSR count). The molecule has 0 amide bonds. The summed E-state index contributed by atoms with van der Waals surface area (Å²) in [6.45, 7) is 7.15. The number of nitrogen functional groups attached to an aromatic ring is 1. The number of thiophene rings is 1. The van der Waals surface area contributed by atoms with Crippen molar-refractivity contribution in [2.45, 2.75) is 27.4 Å². The summed E-state index contributed by atoms with van der Waals surface area (Å²) in [6.07, 6.45) is 0. The largest absolute Gasteiger partial charge is 0.383 e. The molecule has 0 unspecified atom stereocenters. The van der Waals surface area contributed by atoms with Crippen molar-refractivity contribution in [3.8, 4) is 0 Å². The lowest BCUT2D eigenvalue weighted by molar-refractivity contribution is 0.128. The minimum atomic E-state index is 0.423. The van der Waals surface area contributed by atoms with Crippen LogP contribution in [0.25, 0.3) is 10.2 Å². The number of aromatic nitrogens is 2. The van der Waals surface area contributed by atoms with Gasteiger partial charge in [0.25, 0.3) is 0 Å². The van der Waals surface area contributed by atoms with Crippen molar-refractivity contribution in [1.29, 1.82) is 0 Å². The van der Waals surface area contributed by atoms with Crippen LogP contribution in [-0.2, 0) is 11.3 Å². The van der Waals surface area contributed by atoms with Crippen LogP contribution in [0.5, 0.6) is 0 Å². The van der Waals surface area contributed by atoms with E-state index in [4.69, 9.17) is 10.5 Å². The van der Waals surface area contributed by atoms with Crippen LogP contribution in [0.3, 0.4) is 0 Å². The lowest BCUT2D eigenvalue weighted by Gasteiger charge is -2.02. The van der Waals surface area contributed by atoms with Gasteiger partial charge in [-0.15, -0.1) is 11.3 Å². The fourth-order valence-corrected chi connectivity index (χ4v) is 2.64. The third-order valence-electron chi connectivity index (χ3n) is 2.54. The number of nitrogens with zero attached hydrogens (tertiary/aromatic N) is 2. The highest BCUT2D eigenvalue weighted by Crippen LogP contribution is 2.31. The van der Waals surface area contributed by atoms with Crippen LogP contribution < -0.4 is 5.73 Å². The van der Waals surface area contributed by atoms with E-state index < -0.39 is 0 Å². The molecule has 2 aromatic rings. The first kappa shape index (κ1) is 11.3. The zero-order chi connectivity index (χ0) is 11.7. The second-order valence-electron chi connectivity index (χ2n) is 3.63. The number of nitrogens with two attached hydrogens (primary N) is 1. The summed E-state index contributed by atoms with van der Waals surface area (Å²) in [5.74, 6) is 1.22. The Labute approximate surface area is 98.5 Å². The van der Waals surface area contributed by atoms with Gasteiger partial charge in [-0.05, 0) is 26.3 Å². The molecule has 0 aliphatic rings. The highest BCUT2D eigenvalue weighted by atomic mass is 32.1. The molecule has 16 heavy (non-hydrogen) atoms. The summed E-state index contributed by atoms with van der Waals surface area (Å²) >= 11 is 1.65. The molecule has 0 aliphatic heterocycles. The van der Waals surface area contributed by atoms with Crippen molar-refractivity contribution >= 4 is 27.4 Å². The van der Waals surface area contributed by atoms with Gasteiger partial charge in [0.05, 0.1) is 5.39 Å². The third kappa shape index (κ3) is 1.88. The van der Waals surface area contributed by atoms with Gasteiger partial charge in [-0.3, -0.25) is 0 Å². The molecular formula is C11H15N3OS. The van der Waals surface area contributed by atoms with E-state index >= 15 is 0 Å². The SMILES string of the molecule is CCOCc1nc(N)c2c(C)c(C)sc2n1. The van der Waals surface area contributed by atoms with E-state index in [2.05, 4.69) is 23.8 Å². The second-order valence-corrected chi connectivity index (χ2v) is 4.83. The minimum absolute atomic E-state index is 0.423. The molecule has 2 N–H and O–H groups in total. The number of rotatable bonds is 3. The van der Waals surface area contributed by atoms with Crippen molar-refractivity contribution in [3.63, 3.8) is 0 Å². The average Bonchev–Trinajstić information content (AvgIpc) is 2.52. The van der Waals surface area contributed by atoms with Gasteiger partial charge in [0, 0.05) is 11.5 Å². The maximum absolute atomic E-state index is 5.94. The number of hydrogen-bond acceptors (Lipinski definition) is 5. The van der Waals surface area contributed by atoms with Crippen LogP contribution in [0.4, 0.5) is 5.82 Å². The van der Waals surface area contributed by atoms with Crippen LogP contribution in [0.15, 0.2) is 0 Å². The maximum Gasteiger partial charge on any atom is 0.158 e. The summed E-state index contributed by atoms with van der Waals surface area (Å²) in [7, 11) is 0. The van der Waals surface area contributed by atoms with Gasteiger partial charge in [0.1, 0.15) is 17.3 Å². The molecule has 2 heterocycles. The number of fused-ring (bicyclic) bond motifs is 1. The second kappa shape index (κ2) is 4.35. The molecule has 0 saturated heterocycles. The topological polar surface area (TPSA) is 61.0 Å². The molecule has 0 radical (unpaired) electrons. The lowest BCUT2D eigenvalue weighted by Crippen LogP contribution is -2.02.